The summed E-state index contributed by atoms with van der Waals surface area (Å²) in [6, 6.07) is 8.33. The molecule has 0 amide bonds. The second kappa shape index (κ2) is 6.97. The van der Waals surface area contributed by atoms with Crippen LogP contribution < -0.4 is 5.32 Å². The molecule has 0 radical (unpaired) electrons. The van der Waals surface area contributed by atoms with Crippen molar-refractivity contribution in [3.05, 3.63) is 57.5 Å². The first kappa shape index (κ1) is 15.2. The van der Waals surface area contributed by atoms with Crippen molar-refractivity contribution in [3.8, 4) is 0 Å². The Bertz CT molecular complexity index is 538. The van der Waals surface area contributed by atoms with E-state index in [1.54, 1.807) is 23.5 Å². The number of hydrogen-bond donors (Lipinski definition) is 2. The van der Waals surface area contributed by atoms with Gasteiger partial charge in [0.25, 0.3) is 0 Å². The van der Waals surface area contributed by atoms with Gasteiger partial charge >= 0.3 is 0 Å². The van der Waals surface area contributed by atoms with E-state index in [0.29, 0.717) is 6.42 Å². The molecule has 1 heterocycles. The molecular formula is C16H20FNOS. The Hall–Kier alpha value is -1.23. The number of aliphatic hydroxyl groups is 1. The van der Waals surface area contributed by atoms with Gasteiger partial charge in [-0.15, -0.1) is 11.3 Å². The molecule has 108 valence electrons. The predicted octanol–water partition coefficient (Wildman–Crippen LogP) is 3.80. The van der Waals surface area contributed by atoms with Crippen LogP contribution in [0.2, 0.25) is 0 Å². The normalized spacial score (nSPS) is 14.2. The molecule has 0 aliphatic carbocycles. The molecule has 0 aliphatic heterocycles. The molecule has 2 N–H and O–H groups in total. The summed E-state index contributed by atoms with van der Waals surface area (Å²) >= 11 is 1.74. The van der Waals surface area contributed by atoms with Crippen LogP contribution in [-0.4, -0.2) is 11.1 Å². The standard InChI is InChI=1S/C16H20FNOS/c1-11-7-8-20-16(11)10-18-12(2)9-15(19)13-3-5-14(17)6-4-13/h3-8,12,15,18-19H,9-10H2,1-2H3. The van der Waals surface area contributed by atoms with Gasteiger partial charge in [-0.1, -0.05) is 12.1 Å². The monoisotopic (exact) mass is 293 g/mol. The van der Waals surface area contributed by atoms with Gasteiger partial charge in [0, 0.05) is 17.5 Å². The predicted molar refractivity (Wildman–Crippen MR) is 81.3 cm³/mol. The molecule has 4 heteroatoms. The number of rotatable bonds is 6. The minimum atomic E-state index is -0.567. The van der Waals surface area contributed by atoms with Crippen LogP contribution in [0.5, 0.6) is 0 Å². The maximum Gasteiger partial charge on any atom is 0.123 e. The Labute approximate surface area is 123 Å². The molecular weight excluding hydrogens is 273 g/mol. The summed E-state index contributed by atoms with van der Waals surface area (Å²) in [7, 11) is 0. The van der Waals surface area contributed by atoms with Gasteiger partial charge in [0.15, 0.2) is 0 Å². The summed E-state index contributed by atoms with van der Waals surface area (Å²) in [5.41, 5.74) is 2.06. The van der Waals surface area contributed by atoms with Crippen molar-refractivity contribution in [2.24, 2.45) is 0 Å². The number of nitrogens with one attached hydrogen (secondary N) is 1. The molecule has 0 fully saturated rings. The molecule has 0 saturated heterocycles. The quantitative estimate of drug-likeness (QED) is 0.849. The fraction of sp³-hybridized carbons (Fsp3) is 0.375. The Balaban J connectivity index is 1.83. The fourth-order valence-electron chi connectivity index (χ4n) is 2.09. The number of thiophene rings is 1. The van der Waals surface area contributed by atoms with Gasteiger partial charge in [0.1, 0.15) is 5.82 Å². The Kier molecular flexibility index (Phi) is 5.29. The average molecular weight is 293 g/mol. The van der Waals surface area contributed by atoms with E-state index in [-0.39, 0.29) is 11.9 Å². The second-order valence-electron chi connectivity index (χ2n) is 5.11. The summed E-state index contributed by atoms with van der Waals surface area (Å²) < 4.78 is 12.8. The number of aryl methyl sites for hydroxylation is 1. The lowest BCUT2D eigenvalue weighted by Gasteiger charge is -2.18. The molecule has 0 spiro atoms. The number of halogens is 1. The van der Waals surface area contributed by atoms with Crippen molar-refractivity contribution < 1.29 is 9.50 Å². The van der Waals surface area contributed by atoms with Crippen LogP contribution in [0.3, 0.4) is 0 Å². The van der Waals surface area contributed by atoms with E-state index in [0.717, 1.165) is 12.1 Å². The molecule has 1 aromatic carbocycles. The fourth-order valence-corrected chi connectivity index (χ4v) is 2.95. The van der Waals surface area contributed by atoms with Crippen molar-refractivity contribution in [3.63, 3.8) is 0 Å². The van der Waals surface area contributed by atoms with Crippen LogP contribution >= 0.6 is 11.3 Å². The molecule has 2 unspecified atom stereocenters. The zero-order valence-corrected chi connectivity index (χ0v) is 12.6. The first-order valence-corrected chi connectivity index (χ1v) is 7.64. The highest BCUT2D eigenvalue weighted by molar-refractivity contribution is 7.10. The topological polar surface area (TPSA) is 32.3 Å². The second-order valence-corrected chi connectivity index (χ2v) is 6.11. The molecule has 1 aromatic heterocycles. The Morgan fingerprint density at radius 2 is 1.95 bits per heavy atom. The van der Waals surface area contributed by atoms with E-state index in [2.05, 4.69) is 30.6 Å². The zero-order chi connectivity index (χ0) is 14.5. The summed E-state index contributed by atoms with van der Waals surface area (Å²) in [5.74, 6) is -0.278. The molecule has 0 aliphatic rings. The number of aliphatic hydroxyl groups excluding tert-OH is 1. The van der Waals surface area contributed by atoms with Crippen LogP contribution in [0.1, 0.15) is 35.5 Å². The van der Waals surface area contributed by atoms with Gasteiger partial charge < -0.3 is 10.4 Å². The Morgan fingerprint density at radius 1 is 1.25 bits per heavy atom. The number of benzene rings is 1. The van der Waals surface area contributed by atoms with E-state index in [9.17, 15) is 9.50 Å². The molecule has 20 heavy (non-hydrogen) atoms. The van der Waals surface area contributed by atoms with E-state index >= 15 is 0 Å². The first-order chi connectivity index (χ1) is 9.56. The largest absolute Gasteiger partial charge is 0.388 e. The third kappa shape index (κ3) is 4.13. The first-order valence-electron chi connectivity index (χ1n) is 6.76. The maximum atomic E-state index is 12.8. The van der Waals surface area contributed by atoms with E-state index in [1.807, 2.05) is 0 Å². The van der Waals surface area contributed by atoms with Gasteiger partial charge in [-0.05, 0) is 55.0 Å². The number of hydrogen-bond acceptors (Lipinski definition) is 3. The van der Waals surface area contributed by atoms with E-state index < -0.39 is 6.10 Å². The van der Waals surface area contributed by atoms with Crippen molar-refractivity contribution in [1.82, 2.24) is 5.32 Å². The SMILES string of the molecule is Cc1ccsc1CNC(C)CC(O)c1ccc(F)cc1. The lowest BCUT2D eigenvalue weighted by Crippen LogP contribution is -2.27. The van der Waals surface area contributed by atoms with Crippen molar-refractivity contribution in [2.75, 3.05) is 0 Å². The van der Waals surface area contributed by atoms with Crippen LogP contribution in [-0.2, 0) is 6.54 Å². The lowest BCUT2D eigenvalue weighted by atomic mass is 10.0. The van der Waals surface area contributed by atoms with Gasteiger partial charge in [-0.2, -0.15) is 0 Å². The maximum absolute atomic E-state index is 12.8. The van der Waals surface area contributed by atoms with Crippen molar-refractivity contribution in [2.45, 2.75) is 39.0 Å². The van der Waals surface area contributed by atoms with Crippen molar-refractivity contribution in [1.29, 1.82) is 0 Å². The summed E-state index contributed by atoms with van der Waals surface area (Å²) in [6.07, 6.45) is 0.0401. The zero-order valence-electron chi connectivity index (χ0n) is 11.8. The van der Waals surface area contributed by atoms with E-state index in [4.69, 9.17) is 0 Å². The Morgan fingerprint density at radius 3 is 2.55 bits per heavy atom. The minimum Gasteiger partial charge on any atom is -0.388 e. The molecule has 2 aromatic rings. The van der Waals surface area contributed by atoms with E-state index in [1.165, 1.54) is 22.6 Å². The highest BCUT2D eigenvalue weighted by Gasteiger charge is 2.12. The minimum absolute atomic E-state index is 0.191. The summed E-state index contributed by atoms with van der Waals surface area (Å²) in [5, 5.41) is 15.6. The third-order valence-electron chi connectivity index (χ3n) is 3.41. The molecule has 0 saturated carbocycles. The van der Waals surface area contributed by atoms with Crippen LogP contribution in [0.15, 0.2) is 35.7 Å². The van der Waals surface area contributed by atoms with Gasteiger partial charge in [-0.3, -0.25) is 0 Å². The summed E-state index contributed by atoms with van der Waals surface area (Å²) in [6.45, 7) is 4.97. The van der Waals surface area contributed by atoms with Gasteiger partial charge in [0.2, 0.25) is 0 Å². The highest BCUT2D eigenvalue weighted by Crippen LogP contribution is 2.20. The van der Waals surface area contributed by atoms with Crippen LogP contribution in [0.4, 0.5) is 4.39 Å². The molecule has 2 atom stereocenters. The van der Waals surface area contributed by atoms with Gasteiger partial charge in [0.05, 0.1) is 6.10 Å². The molecule has 0 bridgehead atoms. The third-order valence-corrected chi connectivity index (χ3v) is 4.43. The highest BCUT2D eigenvalue weighted by atomic mass is 32.1. The molecule has 2 rings (SSSR count). The van der Waals surface area contributed by atoms with Crippen molar-refractivity contribution >= 4 is 11.3 Å². The van der Waals surface area contributed by atoms with Crippen LogP contribution in [0, 0.1) is 12.7 Å². The van der Waals surface area contributed by atoms with Gasteiger partial charge in [-0.25, -0.2) is 4.39 Å². The molecule has 2 nitrogen and oxygen atoms in total. The summed E-state index contributed by atoms with van der Waals surface area (Å²) in [4.78, 5) is 1.33. The lowest BCUT2D eigenvalue weighted by molar-refractivity contribution is 0.154. The van der Waals surface area contributed by atoms with Crippen LogP contribution in [0.25, 0.3) is 0 Å². The average Bonchev–Trinajstić information content (AvgIpc) is 2.82. The smallest absolute Gasteiger partial charge is 0.123 e.